The Morgan fingerprint density at radius 2 is 1.96 bits per heavy atom. The number of ether oxygens (including phenoxy) is 2. The first-order valence-electron chi connectivity index (χ1n) is 9.18. The molecule has 0 radical (unpaired) electrons. The number of aryl methyl sites for hydroxylation is 2. The minimum atomic E-state index is 0. The number of guanidine groups is 1. The van der Waals surface area contributed by atoms with Gasteiger partial charge in [0.15, 0.2) is 17.5 Å². The third-order valence-corrected chi connectivity index (χ3v) is 4.78. The van der Waals surface area contributed by atoms with Gasteiger partial charge in [-0.2, -0.15) is 0 Å². The summed E-state index contributed by atoms with van der Waals surface area (Å²) in [6.07, 6.45) is 6.08. The molecule has 2 aromatic rings. The van der Waals surface area contributed by atoms with Crippen molar-refractivity contribution in [2.75, 3.05) is 19.5 Å². The van der Waals surface area contributed by atoms with Crippen molar-refractivity contribution < 1.29 is 9.47 Å². The molecule has 5 nitrogen and oxygen atoms in total. The molecule has 1 aliphatic rings. The van der Waals surface area contributed by atoms with Gasteiger partial charge >= 0.3 is 0 Å². The van der Waals surface area contributed by atoms with Crippen molar-refractivity contribution in [3.8, 4) is 11.5 Å². The van der Waals surface area contributed by atoms with Crippen LogP contribution in [0, 0.1) is 0 Å². The van der Waals surface area contributed by atoms with Crippen LogP contribution in [0.1, 0.15) is 28.7 Å². The van der Waals surface area contributed by atoms with Crippen molar-refractivity contribution in [1.82, 2.24) is 0 Å². The molecule has 2 aromatic carbocycles. The molecule has 0 aromatic heterocycles. The minimum absolute atomic E-state index is 0. The zero-order valence-corrected chi connectivity index (χ0v) is 18.8. The molecule has 0 bridgehead atoms. The topological polar surface area (TPSA) is 68.9 Å². The smallest absolute Gasteiger partial charge is 0.193 e. The first kappa shape index (κ1) is 22.1. The van der Waals surface area contributed by atoms with Gasteiger partial charge in [0, 0.05) is 11.3 Å². The van der Waals surface area contributed by atoms with Gasteiger partial charge in [-0.15, -0.1) is 30.6 Å². The second-order valence-electron chi connectivity index (χ2n) is 6.65. The van der Waals surface area contributed by atoms with Gasteiger partial charge in [0.05, 0.1) is 20.8 Å². The van der Waals surface area contributed by atoms with Crippen LogP contribution in [0.2, 0.25) is 0 Å². The SMILES string of the molecule is C=CCc1cc(CN=C(N)Nc2ccc3c(c2)CCC3)cc(OC)c1OC.I. The molecule has 28 heavy (non-hydrogen) atoms. The third-order valence-electron chi connectivity index (χ3n) is 4.78. The lowest BCUT2D eigenvalue weighted by Gasteiger charge is -2.14. The van der Waals surface area contributed by atoms with E-state index in [0.717, 1.165) is 29.0 Å². The van der Waals surface area contributed by atoms with E-state index in [1.54, 1.807) is 14.2 Å². The highest BCUT2D eigenvalue weighted by Crippen LogP contribution is 2.33. The van der Waals surface area contributed by atoms with Gasteiger partial charge in [-0.25, -0.2) is 4.99 Å². The molecule has 150 valence electrons. The number of nitrogens with zero attached hydrogens (tertiary/aromatic N) is 1. The van der Waals surface area contributed by atoms with Gasteiger partial charge in [-0.05, 0) is 66.6 Å². The van der Waals surface area contributed by atoms with Crippen molar-refractivity contribution in [3.05, 3.63) is 65.2 Å². The number of rotatable bonds is 7. The molecule has 0 unspecified atom stereocenters. The monoisotopic (exact) mass is 493 g/mol. The van der Waals surface area contributed by atoms with Crippen LogP contribution in [-0.4, -0.2) is 20.2 Å². The Bertz CT molecular complexity index is 865. The number of allylic oxidation sites excluding steroid dienone is 1. The maximum absolute atomic E-state index is 6.09. The summed E-state index contributed by atoms with van der Waals surface area (Å²) in [6, 6.07) is 10.4. The van der Waals surface area contributed by atoms with E-state index in [1.807, 2.05) is 12.1 Å². The molecule has 3 N–H and O–H groups in total. The number of benzene rings is 2. The van der Waals surface area contributed by atoms with E-state index in [9.17, 15) is 0 Å². The Labute approximate surface area is 184 Å². The molecule has 0 saturated carbocycles. The first-order valence-corrected chi connectivity index (χ1v) is 9.18. The number of hydrogen-bond acceptors (Lipinski definition) is 3. The Morgan fingerprint density at radius 3 is 2.68 bits per heavy atom. The van der Waals surface area contributed by atoms with E-state index in [1.165, 1.54) is 24.0 Å². The maximum Gasteiger partial charge on any atom is 0.193 e. The van der Waals surface area contributed by atoms with E-state index >= 15 is 0 Å². The predicted octanol–water partition coefficient (Wildman–Crippen LogP) is 4.47. The standard InChI is InChI=1S/C22H27N3O2.HI/c1-4-6-18-11-15(12-20(26-2)21(18)27-3)14-24-22(23)25-19-10-9-16-7-5-8-17(16)13-19;/h4,9-13H,1,5-8,14H2,2-3H3,(H3,23,24,25);1H. The third kappa shape index (κ3) is 5.19. The van der Waals surface area contributed by atoms with Crippen molar-refractivity contribution in [2.24, 2.45) is 10.7 Å². The summed E-state index contributed by atoms with van der Waals surface area (Å²) in [4.78, 5) is 4.48. The summed E-state index contributed by atoms with van der Waals surface area (Å²) in [5.74, 6) is 1.81. The van der Waals surface area contributed by atoms with Crippen LogP contribution < -0.4 is 20.5 Å². The van der Waals surface area contributed by atoms with Crippen LogP contribution in [0.3, 0.4) is 0 Å². The Kier molecular flexibility index (Phi) is 8.17. The number of fused-ring (bicyclic) bond motifs is 1. The molecule has 0 spiro atoms. The summed E-state index contributed by atoms with van der Waals surface area (Å²) in [7, 11) is 3.27. The van der Waals surface area contributed by atoms with Crippen molar-refractivity contribution in [2.45, 2.75) is 32.2 Å². The number of anilines is 1. The Balaban J connectivity index is 0.00000280. The fraction of sp³-hybridized carbons (Fsp3) is 0.318. The molecule has 6 heteroatoms. The largest absolute Gasteiger partial charge is 0.493 e. The molecule has 0 atom stereocenters. The van der Waals surface area contributed by atoms with Crippen LogP contribution in [0.5, 0.6) is 11.5 Å². The van der Waals surface area contributed by atoms with E-state index in [2.05, 4.69) is 41.2 Å². The number of aliphatic imine (C=N–C) groups is 1. The van der Waals surface area contributed by atoms with E-state index in [4.69, 9.17) is 15.2 Å². The average Bonchev–Trinajstić information content (AvgIpc) is 3.14. The number of halogens is 1. The molecule has 0 amide bonds. The summed E-state index contributed by atoms with van der Waals surface area (Å²) < 4.78 is 10.9. The summed E-state index contributed by atoms with van der Waals surface area (Å²) in [5.41, 5.74) is 11.9. The average molecular weight is 493 g/mol. The lowest BCUT2D eigenvalue weighted by molar-refractivity contribution is 0.352. The highest BCUT2D eigenvalue weighted by molar-refractivity contribution is 14.0. The molecular formula is C22H28IN3O2. The number of hydrogen-bond donors (Lipinski definition) is 2. The number of nitrogens with two attached hydrogens (primary N) is 1. The van der Waals surface area contributed by atoms with Gasteiger partial charge in [0.2, 0.25) is 0 Å². The van der Waals surface area contributed by atoms with Gasteiger partial charge in [-0.3, -0.25) is 0 Å². The van der Waals surface area contributed by atoms with Crippen LogP contribution in [0.25, 0.3) is 0 Å². The summed E-state index contributed by atoms with van der Waals surface area (Å²) in [5, 5.41) is 3.19. The van der Waals surface area contributed by atoms with Gasteiger partial charge in [0.25, 0.3) is 0 Å². The molecular weight excluding hydrogens is 465 g/mol. The molecule has 3 rings (SSSR count). The molecule has 0 aliphatic heterocycles. The lowest BCUT2D eigenvalue weighted by atomic mass is 10.1. The number of nitrogens with one attached hydrogen (secondary N) is 1. The van der Waals surface area contributed by atoms with Gasteiger partial charge < -0.3 is 20.5 Å². The molecule has 1 aliphatic carbocycles. The predicted molar refractivity (Wildman–Crippen MR) is 126 cm³/mol. The highest BCUT2D eigenvalue weighted by atomic mass is 127. The van der Waals surface area contributed by atoms with Gasteiger partial charge in [-0.1, -0.05) is 12.1 Å². The van der Waals surface area contributed by atoms with E-state index < -0.39 is 0 Å². The minimum Gasteiger partial charge on any atom is -0.493 e. The van der Waals surface area contributed by atoms with Crippen LogP contribution >= 0.6 is 24.0 Å². The van der Waals surface area contributed by atoms with Crippen molar-refractivity contribution in [3.63, 3.8) is 0 Å². The van der Waals surface area contributed by atoms with E-state index in [0.29, 0.717) is 24.7 Å². The Morgan fingerprint density at radius 1 is 1.18 bits per heavy atom. The van der Waals surface area contributed by atoms with Crippen molar-refractivity contribution in [1.29, 1.82) is 0 Å². The quantitative estimate of drug-likeness (QED) is 0.259. The summed E-state index contributed by atoms with van der Waals surface area (Å²) in [6.45, 7) is 4.26. The zero-order valence-electron chi connectivity index (χ0n) is 16.5. The highest BCUT2D eigenvalue weighted by Gasteiger charge is 2.12. The Hall–Kier alpha value is -2.22. The normalized spacial score (nSPS) is 12.7. The lowest BCUT2D eigenvalue weighted by Crippen LogP contribution is -2.22. The fourth-order valence-corrected chi connectivity index (χ4v) is 3.52. The zero-order chi connectivity index (χ0) is 19.2. The summed E-state index contributed by atoms with van der Waals surface area (Å²) >= 11 is 0. The fourth-order valence-electron chi connectivity index (χ4n) is 3.52. The van der Waals surface area contributed by atoms with Crippen LogP contribution in [0.4, 0.5) is 5.69 Å². The number of methoxy groups -OCH3 is 2. The second-order valence-corrected chi connectivity index (χ2v) is 6.65. The molecule has 0 fully saturated rings. The first-order chi connectivity index (χ1) is 13.1. The molecule has 0 saturated heterocycles. The van der Waals surface area contributed by atoms with Gasteiger partial charge in [0.1, 0.15) is 0 Å². The van der Waals surface area contributed by atoms with Crippen LogP contribution in [0.15, 0.2) is 48.0 Å². The van der Waals surface area contributed by atoms with Crippen molar-refractivity contribution >= 4 is 35.6 Å². The van der Waals surface area contributed by atoms with Crippen LogP contribution in [-0.2, 0) is 25.8 Å². The molecule has 0 heterocycles. The maximum atomic E-state index is 6.09. The second kappa shape index (κ2) is 10.4. The van der Waals surface area contributed by atoms with E-state index in [-0.39, 0.29) is 24.0 Å².